The van der Waals surface area contributed by atoms with E-state index < -0.39 is 0 Å². The fourth-order valence-electron chi connectivity index (χ4n) is 1.64. The van der Waals surface area contributed by atoms with Crippen LogP contribution in [0.25, 0.3) is 0 Å². The van der Waals surface area contributed by atoms with E-state index in [9.17, 15) is 0 Å². The molecule has 0 aromatic rings. The number of carbonyl (C=O) groups is 1. The zero-order valence-electron chi connectivity index (χ0n) is 14.0. The Morgan fingerprint density at radius 2 is 1.89 bits per heavy atom. The van der Waals surface area contributed by atoms with Crippen LogP contribution in [0.4, 0.5) is 0 Å². The van der Waals surface area contributed by atoms with E-state index in [1.807, 2.05) is 13.8 Å². The van der Waals surface area contributed by atoms with Gasteiger partial charge in [0.25, 0.3) is 6.47 Å². The van der Waals surface area contributed by atoms with Crippen LogP contribution in [0.2, 0.25) is 0 Å². The van der Waals surface area contributed by atoms with Gasteiger partial charge in [0.2, 0.25) is 0 Å². The fourth-order valence-corrected chi connectivity index (χ4v) is 1.64. The smallest absolute Gasteiger partial charge is 0.290 e. The summed E-state index contributed by atoms with van der Waals surface area (Å²) in [5.41, 5.74) is 0. The molecule has 0 aliphatic carbocycles. The molecule has 4 nitrogen and oxygen atoms in total. The van der Waals surface area contributed by atoms with Crippen molar-refractivity contribution >= 4 is 6.47 Å². The van der Waals surface area contributed by atoms with Gasteiger partial charge < -0.3 is 14.7 Å². The summed E-state index contributed by atoms with van der Waals surface area (Å²) >= 11 is 0. The molecular formula is C15H35NO3. The van der Waals surface area contributed by atoms with Crippen molar-refractivity contribution in [2.45, 2.75) is 60.4 Å². The molecular weight excluding hydrogens is 242 g/mol. The van der Waals surface area contributed by atoms with Gasteiger partial charge in [0.15, 0.2) is 0 Å². The van der Waals surface area contributed by atoms with Crippen LogP contribution >= 0.6 is 0 Å². The Kier molecular flexibility index (Phi) is 24.4. The molecule has 1 unspecified atom stereocenters. The number of likely N-dealkylation sites (tertiary alicyclic amines) is 1. The maximum atomic E-state index is 8.36. The van der Waals surface area contributed by atoms with E-state index in [0.717, 1.165) is 25.0 Å². The molecule has 1 atom stereocenters. The topological polar surface area (TPSA) is 49.8 Å². The minimum Gasteiger partial charge on any atom is -0.483 e. The highest BCUT2D eigenvalue weighted by Gasteiger charge is 2.19. The molecule has 1 aliphatic heterocycles. The van der Waals surface area contributed by atoms with Crippen molar-refractivity contribution in [3.63, 3.8) is 0 Å². The van der Waals surface area contributed by atoms with Crippen molar-refractivity contribution < 1.29 is 14.6 Å². The molecule has 1 fully saturated rings. The average Bonchev–Trinajstić information content (AvgIpc) is 2.81. The summed E-state index contributed by atoms with van der Waals surface area (Å²) in [7, 11) is 1.71. The van der Waals surface area contributed by atoms with E-state index >= 15 is 0 Å². The van der Waals surface area contributed by atoms with Crippen molar-refractivity contribution in [3.8, 4) is 0 Å². The molecule has 0 aromatic carbocycles. The first-order chi connectivity index (χ1) is 9.03. The van der Waals surface area contributed by atoms with Crippen molar-refractivity contribution in [1.29, 1.82) is 0 Å². The lowest BCUT2D eigenvalue weighted by atomic mass is 10.2. The number of methoxy groups -OCH3 is 1. The van der Waals surface area contributed by atoms with Crippen LogP contribution in [0.1, 0.15) is 54.4 Å². The minimum atomic E-state index is -0.250. The summed E-state index contributed by atoms with van der Waals surface area (Å²) in [5, 5.41) is 6.89. The highest BCUT2D eigenvalue weighted by molar-refractivity contribution is 5.32. The third-order valence-electron chi connectivity index (χ3n) is 2.59. The summed E-state index contributed by atoms with van der Waals surface area (Å²) in [6.07, 6.45) is 2.52. The maximum Gasteiger partial charge on any atom is 0.290 e. The lowest BCUT2D eigenvalue weighted by Crippen LogP contribution is -2.27. The third-order valence-corrected chi connectivity index (χ3v) is 2.59. The average molecular weight is 277 g/mol. The molecule has 19 heavy (non-hydrogen) atoms. The van der Waals surface area contributed by atoms with Crippen LogP contribution < -0.4 is 0 Å². The number of carboxylic acid groups (broad SMARTS) is 1. The number of rotatable bonds is 3. The second kappa shape index (κ2) is 19.7. The molecule has 1 heterocycles. The Labute approximate surface area is 120 Å². The first-order valence-corrected chi connectivity index (χ1v) is 7.34. The quantitative estimate of drug-likeness (QED) is 0.802. The molecule has 0 radical (unpaired) electrons. The molecule has 0 aromatic heterocycles. The Morgan fingerprint density at radius 1 is 1.42 bits per heavy atom. The summed E-state index contributed by atoms with van der Waals surface area (Å²) < 4.78 is 4.69. The van der Waals surface area contributed by atoms with Crippen LogP contribution in [0.5, 0.6) is 0 Å². The van der Waals surface area contributed by atoms with Gasteiger partial charge in [0, 0.05) is 26.3 Å². The molecule has 1 aliphatic rings. The van der Waals surface area contributed by atoms with E-state index in [4.69, 9.17) is 14.6 Å². The monoisotopic (exact) mass is 277 g/mol. The van der Waals surface area contributed by atoms with Gasteiger partial charge in [0.05, 0.1) is 0 Å². The summed E-state index contributed by atoms with van der Waals surface area (Å²) in [5.74, 6) is 0.937. The van der Waals surface area contributed by atoms with Crippen LogP contribution in [0, 0.1) is 5.92 Å². The molecule has 1 N–H and O–H groups in total. The zero-order valence-corrected chi connectivity index (χ0v) is 14.0. The second-order valence-corrected chi connectivity index (χ2v) is 4.58. The molecule has 4 heteroatoms. The molecule has 1 rings (SSSR count). The first kappa shape index (κ1) is 23.5. The predicted molar refractivity (Wildman–Crippen MR) is 82.7 cm³/mol. The summed E-state index contributed by atoms with van der Waals surface area (Å²) in [6.45, 7) is 16.2. The molecule has 0 spiro atoms. The van der Waals surface area contributed by atoms with Crippen molar-refractivity contribution in [2.24, 2.45) is 5.92 Å². The Balaban J connectivity index is -0.000000219. The van der Waals surface area contributed by atoms with E-state index in [-0.39, 0.29) is 6.47 Å². The largest absolute Gasteiger partial charge is 0.483 e. The molecule has 1 saturated heterocycles. The lowest BCUT2D eigenvalue weighted by molar-refractivity contribution is -0.122. The minimum absolute atomic E-state index is 0.250. The van der Waals surface area contributed by atoms with E-state index in [1.165, 1.54) is 19.5 Å². The highest BCUT2D eigenvalue weighted by atomic mass is 16.5. The van der Waals surface area contributed by atoms with Crippen LogP contribution in [-0.2, 0) is 9.53 Å². The molecule has 0 bridgehead atoms. The van der Waals surface area contributed by atoms with Crippen molar-refractivity contribution in [1.82, 2.24) is 4.90 Å². The Hall–Kier alpha value is -0.610. The highest BCUT2D eigenvalue weighted by Crippen LogP contribution is 2.16. The standard InChI is InChI=1S/C8H17N.C4H10O.C2H6.CH2O2/c1-7(2)9-5-4-8(3)6-9;1-3-4-5-2;1-2;2-1-3/h7-8H,4-6H2,1-3H3;3-4H2,1-2H3;1-2H3;1H,(H,2,3). The first-order valence-electron chi connectivity index (χ1n) is 7.34. The van der Waals surface area contributed by atoms with Gasteiger partial charge in [-0.2, -0.15) is 0 Å². The predicted octanol–water partition coefficient (Wildman–Crippen LogP) is 3.51. The van der Waals surface area contributed by atoms with Gasteiger partial charge in [-0.25, -0.2) is 0 Å². The van der Waals surface area contributed by atoms with Gasteiger partial charge in [0.1, 0.15) is 0 Å². The van der Waals surface area contributed by atoms with Gasteiger partial charge in [-0.15, -0.1) is 0 Å². The zero-order chi connectivity index (χ0) is 15.7. The van der Waals surface area contributed by atoms with Crippen LogP contribution in [0.15, 0.2) is 0 Å². The van der Waals surface area contributed by atoms with E-state index in [0.29, 0.717) is 0 Å². The van der Waals surface area contributed by atoms with Gasteiger partial charge in [-0.1, -0.05) is 27.7 Å². The van der Waals surface area contributed by atoms with Gasteiger partial charge in [-0.3, -0.25) is 4.79 Å². The molecule has 0 saturated carbocycles. The molecule has 0 amide bonds. The number of nitrogens with zero attached hydrogens (tertiary/aromatic N) is 1. The van der Waals surface area contributed by atoms with Gasteiger partial charge in [-0.05, 0) is 39.2 Å². The van der Waals surface area contributed by atoms with Crippen LogP contribution in [-0.4, -0.2) is 49.3 Å². The normalized spacial score (nSPS) is 17.4. The number of ether oxygens (including phenoxy) is 1. The number of hydrogen-bond acceptors (Lipinski definition) is 3. The van der Waals surface area contributed by atoms with E-state index in [2.05, 4.69) is 32.6 Å². The lowest BCUT2D eigenvalue weighted by Gasteiger charge is -2.19. The van der Waals surface area contributed by atoms with Crippen LogP contribution in [0.3, 0.4) is 0 Å². The Bertz CT molecular complexity index is 161. The maximum absolute atomic E-state index is 8.36. The van der Waals surface area contributed by atoms with Crippen molar-refractivity contribution in [3.05, 3.63) is 0 Å². The Morgan fingerprint density at radius 3 is 2.00 bits per heavy atom. The van der Waals surface area contributed by atoms with E-state index in [1.54, 1.807) is 7.11 Å². The van der Waals surface area contributed by atoms with Crippen molar-refractivity contribution in [2.75, 3.05) is 26.8 Å². The molecule has 118 valence electrons. The number of hydrogen-bond donors (Lipinski definition) is 1. The van der Waals surface area contributed by atoms with Gasteiger partial charge >= 0.3 is 0 Å². The fraction of sp³-hybridized carbons (Fsp3) is 0.933. The summed E-state index contributed by atoms with van der Waals surface area (Å²) in [4.78, 5) is 10.9. The SMILES string of the molecule is CC.CC1CCN(C(C)C)C1.CCCOC.O=CO. The second-order valence-electron chi connectivity index (χ2n) is 4.58. The summed E-state index contributed by atoms with van der Waals surface area (Å²) in [6, 6.07) is 0.759. The third kappa shape index (κ3) is 19.9.